The molecule has 0 N–H and O–H groups in total. The minimum absolute atomic E-state index is 0. The molecule has 0 atom stereocenters. The maximum Gasteiger partial charge on any atom is 3.00 e. The summed E-state index contributed by atoms with van der Waals surface area (Å²) >= 11 is 0. The summed E-state index contributed by atoms with van der Waals surface area (Å²) in [5.41, 5.74) is 17.8. The van der Waals surface area contributed by atoms with Crippen molar-refractivity contribution in [3.8, 4) is 50.5 Å². The Bertz CT molecular complexity index is 3700. The van der Waals surface area contributed by atoms with Gasteiger partial charge in [-0.15, -0.1) is 47.0 Å². The normalized spacial score (nSPS) is 13.7. The van der Waals surface area contributed by atoms with Crippen molar-refractivity contribution >= 4 is 46.2 Å². The molecule has 0 amide bonds. The van der Waals surface area contributed by atoms with E-state index >= 15 is 0 Å². The smallest absolute Gasteiger partial charge is 0.510 e. The van der Waals surface area contributed by atoms with Gasteiger partial charge in [0.25, 0.3) is 0 Å². The van der Waals surface area contributed by atoms with Gasteiger partial charge in [-0.2, -0.15) is 35.9 Å². The molecule has 1 aliphatic carbocycles. The molecule has 0 radical (unpaired) electrons. The molecule has 0 saturated heterocycles. The predicted molar refractivity (Wildman–Crippen MR) is 295 cm³/mol. The monoisotopic (exact) mass is 1110 g/mol. The zero-order valence-electron chi connectivity index (χ0n) is 46.2. The van der Waals surface area contributed by atoms with Crippen molar-refractivity contribution in [2.45, 2.75) is 105 Å². The average molecular weight is 1110 g/mol. The molecule has 0 aliphatic heterocycles. The van der Waals surface area contributed by atoms with Crippen LogP contribution in [0.25, 0.3) is 83.4 Å². The van der Waals surface area contributed by atoms with Crippen LogP contribution in [0.4, 0.5) is 0 Å². The zero-order chi connectivity index (χ0) is 52.0. The summed E-state index contributed by atoms with van der Waals surface area (Å²) in [5.74, 6) is -2.53. The number of rotatable bonds is 9. The summed E-state index contributed by atoms with van der Waals surface area (Å²) in [4.78, 5) is 5.22. The molecule has 0 bridgehead atoms. The molecule has 70 heavy (non-hydrogen) atoms. The molecule has 0 unspecified atom stereocenters. The Hall–Kier alpha value is -6.10. The molecule has 5 heteroatoms. The van der Waals surface area contributed by atoms with Gasteiger partial charge in [-0.3, -0.25) is 4.98 Å². The van der Waals surface area contributed by atoms with Crippen molar-refractivity contribution in [2.24, 2.45) is 0 Å². The topological polar surface area (TPSA) is 31.0 Å². The van der Waals surface area contributed by atoms with Crippen LogP contribution in [0, 0.1) is 18.2 Å². The summed E-state index contributed by atoms with van der Waals surface area (Å²) in [6.07, 6.45) is 0.848. The molecule has 0 saturated carbocycles. The first-order valence-electron chi connectivity index (χ1n) is 26.2. The number of para-hydroxylation sites is 4. The number of fused-ring (bicyclic) bond motifs is 7. The van der Waals surface area contributed by atoms with E-state index in [1.54, 1.807) is 0 Å². The third kappa shape index (κ3) is 8.87. The minimum Gasteiger partial charge on any atom is -0.510 e. The number of imidazole rings is 1. The van der Waals surface area contributed by atoms with Crippen molar-refractivity contribution in [3.05, 3.63) is 197 Å². The van der Waals surface area contributed by atoms with Crippen LogP contribution in [0.2, 0.25) is 19.6 Å². The van der Waals surface area contributed by atoms with Gasteiger partial charge in [-0.25, -0.2) is 5.56 Å². The summed E-state index contributed by atoms with van der Waals surface area (Å²) < 4.78 is 44.1. The Kier molecular flexibility index (Phi) is 12.3. The Morgan fingerprint density at radius 2 is 1.21 bits per heavy atom. The van der Waals surface area contributed by atoms with Crippen LogP contribution >= 0.6 is 0 Å². The molecule has 352 valence electrons. The summed E-state index contributed by atoms with van der Waals surface area (Å²) in [5, 5.41) is 3.61. The molecular weight excluding hydrogens is 1050 g/mol. The fourth-order valence-electron chi connectivity index (χ4n) is 10.2. The fraction of sp³-hybridized carbons (Fsp3) is 0.246. The predicted octanol–water partition coefficient (Wildman–Crippen LogP) is 17.6. The van der Waals surface area contributed by atoms with E-state index in [2.05, 4.69) is 84.9 Å². The van der Waals surface area contributed by atoms with Gasteiger partial charge in [0, 0.05) is 22.1 Å². The molecular formula is C65H63IrN2OSi. The first-order valence-corrected chi connectivity index (χ1v) is 27.7. The van der Waals surface area contributed by atoms with Gasteiger partial charge in [-0.05, 0) is 87.1 Å². The van der Waals surface area contributed by atoms with Gasteiger partial charge in [0.15, 0.2) is 0 Å². The van der Waals surface area contributed by atoms with E-state index in [1.165, 1.54) is 27.4 Å². The van der Waals surface area contributed by atoms with Crippen LogP contribution in [0.1, 0.15) is 118 Å². The van der Waals surface area contributed by atoms with Gasteiger partial charge < -0.3 is 8.98 Å². The van der Waals surface area contributed by atoms with Crippen molar-refractivity contribution < 1.29 is 30.0 Å². The van der Waals surface area contributed by atoms with Gasteiger partial charge in [-0.1, -0.05) is 176 Å². The second-order valence-electron chi connectivity index (χ2n) is 20.4. The van der Waals surface area contributed by atoms with Crippen molar-refractivity contribution in [1.29, 1.82) is 0 Å². The SMILES string of the molecule is [2H]C(C)(C)c1cccc(C([2H])(C)C)c1-c1cc[c-]c(-c2[c-]ccc3c2oc2ccccc23)c1.[2H]C(C)(C)c1cccc(C([2H])(C)C)c1-n1c(-c2[c-]ccc3c2Cc2cc([Si](C)(C)C)ccc2-3)nc2ccccc21.[Ir+3]. The van der Waals surface area contributed by atoms with E-state index < -0.39 is 31.6 Å². The number of hydrogen-bond donors (Lipinski definition) is 0. The fourth-order valence-corrected chi connectivity index (χ4v) is 11.4. The Morgan fingerprint density at radius 3 is 1.90 bits per heavy atom. The number of hydrogen-bond acceptors (Lipinski definition) is 2. The van der Waals surface area contributed by atoms with E-state index in [0.717, 1.165) is 101 Å². The summed E-state index contributed by atoms with van der Waals surface area (Å²) in [6, 6.07) is 59.8. The number of furan rings is 1. The first kappa shape index (κ1) is 43.9. The van der Waals surface area contributed by atoms with Crippen LogP contribution in [-0.4, -0.2) is 17.6 Å². The van der Waals surface area contributed by atoms with E-state index in [9.17, 15) is 0 Å². The molecule has 10 aromatic rings. The molecule has 8 aromatic carbocycles. The Labute approximate surface area is 436 Å². The van der Waals surface area contributed by atoms with Crippen LogP contribution in [0.3, 0.4) is 0 Å². The molecule has 1 aliphatic rings. The van der Waals surface area contributed by atoms with Gasteiger partial charge in [0.1, 0.15) is 5.58 Å². The van der Waals surface area contributed by atoms with Crippen LogP contribution in [-0.2, 0) is 26.5 Å². The van der Waals surface area contributed by atoms with Crippen molar-refractivity contribution in [1.82, 2.24) is 9.55 Å². The molecule has 2 aromatic heterocycles. The van der Waals surface area contributed by atoms with Crippen molar-refractivity contribution in [2.75, 3.05) is 0 Å². The minimum atomic E-state index is -1.44. The first-order chi connectivity index (χ1) is 34.4. The van der Waals surface area contributed by atoms with Gasteiger partial charge in [0.2, 0.25) is 0 Å². The van der Waals surface area contributed by atoms with Gasteiger partial charge in [0.05, 0.1) is 24.9 Å². The van der Waals surface area contributed by atoms with E-state index in [-0.39, 0.29) is 20.1 Å². The van der Waals surface area contributed by atoms with Crippen LogP contribution in [0.5, 0.6) is 0 Å². The molecule has 11 rings (SSSR count). The number of nitrogens with zero attached hydrogens (tertiary/aromatic N) is 2. The quantitative estimate of drug-likeness (QED) is 0.107. The molecule has 3 nitrogen and oxygen atoms in total. The largest absolute Gasteiger partial charge is 3.00 e. The Morgan fingerprint density at radius 1 is 0.600 bits per heavy atom. The van der Waals surface area contributed by atoms with E-state index in [4.69, 9.17) is 14.9 Å². The van der Waals surface area contributed by atoms with E-state index in [1.807, 2.05) is 159 Å². The number of aromatic nitrogens is 2. The summed E-state index contributed by atoms with van der Waals surface area (Å²) in [7, 11) is -1.44. The van der Waals surface area contributed by atoms with Crippen LogP contribution < -0.4 is 5.19 Å². The van der Waals surface area contributed by atoms with Crippen molar-refractivity contribution in [3.63, 3.8) is 0 Å². The average Bonchev–Trinajstić information content (AvgIpc) is 4.04. The maximum absolute atomic E-state index is 9.08. The second kappa shape index (κ2) is 19.6. The zero-order valence-corrected chi connectivity index (χ0v) is 45.6. The molecule has 0 spiro atoms. The van der Waals surface area contributed by atoms with Gasteiger partial charge >= 0.3 is 20.1 Å². The number of benzene rings is 8. The standard InChI is InChI=1S/C35H37N2Si.C30H26O.Ir/c1-22(2)26-12-10-13-27(23(3)4)34(26)37-33-17-9-8-16-32(33)36-35(37)30-15-11-14-29-28-19-18-25(38(5,6)7)20-24(28)21-31(29)30;1-19(2)23-13-8-14-24(20(3)4)29(23)22-11-7-10-21(18-22)25-15-9-16-27-26-12-5-6-17-28(26)31-30(25)27;/h8-14,16-20,22-23H,21H2,1-7H3;5-9,11-14,16-20H,1-4H3;/q-1;-2;+3/i22D,23D;19D,20D;. The van der Waals surface area contributed by atoms with Crippen LogP contribution in [0.15, 0.2) is 150 Å². The third-order valence-electron chi connectivity index (χ3n) is 13.7. The maximum atomic E-state index is 9.08. The summed E-state index contributed by atoms with van der Waals surface area (Å²) in [6.45, 7) is 22.5. The Balaban J connectivity index is 0.000000183. The van der Waals surface area contributed by atoms with E-state index in [0.29, 0.717) is 0 Å². The molecule has 0 fully saturated rings. The third-order valence-corrected chi connectivity index (χ3v) is 15.7. The molecule has 2 heterocycles. The second-order valence-corrected chi connectivity index (χ2v) is 25.5.